The lowest BCUT2D eigenvalue weighted by atomic mass is 9.65. The molecule has 0 amide bonds. The van der Waals surface area contributed by atoms with Gasteiger partial charge in [-0.25, -0.2) is 0 Å². The highest BCUT2D eigenvalue weighted by atomic mass is 14.9. The largest absolute Gasteiger partial charge is 0.314 e. The summed E-state index contributed by atoms with van der Waals surface area (Å²) in [6.45, 7) is 3.72. The van der Waals surface area contributed by atoms with Gasteiger partial charge in [-0.2, -0.15) is 0 Å². The highest BCUT2D eigenvalue weighted by molar-refractivity contribution is 5.18. The monoisotopic (exact) mass is 355 g/mol. The number of hydrogen-bond acceptors (Lipinski definition) is 1. The van der Waals surface area contributed by atoms with E-state index in [4.69, 9.17) is 0 Å². The second-order valence-electron chi connectivity index (χ2n) is 10.9. The molecule has 0 bridgehead atoms. The molecule has 1 heteroatoms. The van der Waals surface area contributed by atoms with Gasteiger partial charge < -0.3 is 5.32 Å². The van der Waals surface area contributed by atoms with Crippen LogP contribution in [0.25, 0.3) is 0 Å². The van der Waals surface area contributed by atoms with Gasteiger partial charge in [0, 0.05) is 6.04 Å². The zero-order chi connectivity index (χ0) is 17.5. The molecule has 1 aliphatic heterocycles. The average molecular weight is 356 g/mol. The van der Waals surface area contributed by atoms with E-state index in [2.05, 4.69) is 18.3 Å². The van der Waals surface area contributed by atoms with Crippen molar-refractivity contribution in [3.05, 3.63) is 11.6 Å². The molecule has 3 saturated carbocycles. The van der Waals surface area contributed by atoms with E-state index >= 15 is 0 Å². The van der Waals surface area contributed by atoms with E-state index in [9.17, 15) is 0 Å². The summed E-state index contributed by atoms with van der Waals surface area (Å²) in [6.07, 6.45) is 22.2. The minimum Gasteiger partial charge on any atom is -0.314 e. The molecule has 0 aromatic rings. The Morgan fingerprint density at radius 2 is 1.88 bits per heavy atom. The normalized spacial score (nSPS) is 48.7. The van der Waals surface area contributed by atoms with Gasteiger partial charge in [0.2, 0.25) is 0 Å². The second kappa shape index (κ2) is 7.61. The Balaban J connectivity index is 1.20. The first kappa shape index (κ1) is 17.8. The molecule has 146 valence electrons. The minimum atomic E-state index is 0.830. The van der Waals surface area contributed by atoms with Crippen molar-refractivity contribution < 1.29 is 0 Å². The van der Waals surface area contributed by atoms with Crippen molar-refractivity contribution in [1.29, 1.82) is 0 Å². The number of nitrogens with one attached hydrogen (secondary N) is 1. The number of hydrogen-bond donors (Lipinski definition) is 1. The van der Waals surface area contributed by atoms with Crippen LogP contribution in [-0.2, 0) is 0 Å². The predicted molar refractivity (Wildman–Crippen MR) is 110 cm³/mol. The van der Waals surface area contributed by atoms with Crippen LogP contribution in [0, 0.1) is 41.4 Å². The van der Waals surface area contributed by atoms with Gasteiger partial charge in [0.15, 0.2) is 0 Å². The molecule has 1 N–H and O–H groups in total. The van der Waals surface area contributed by atoms with Gasteiger partial charge in [0.05, 0.1) is 0 Å². The van der Waals surface area contributed by atoms with Gasteiger partial charge in [0.1, 0.15) is 0 Å². The summed E-state index contributed by atoms with van der Waals surface area (Å²) >= 11 is 0. The summed E-state index contributed by atoms with van der Waals surface area (Å²) in [5.74, 6) is 7.32. The maximum absolute atomic E-state index is 3.90. The summed E-state index contributed by atoms with van der Waals surface area (Å²) in [6, 6.07) is 0.830. The first-order valence-corrected chi connectivity index (χ1v) is 12.2. The Morgan fingerprint density at radius 1 is 0.923 bits per heavy atom. The predicted octanol–water partition coefficient (Wildman–Crippen LogP) is 6.34. The zero-order valence-electron chi connectivity index (χ0n) is 17.1. The van der Waals surface area contributed by atoms with E-state index < -0.39 is 0 Å². The van der Waals surface area contributed by atoms with Crippen LogP contribution in [0.2, 0.25) is 0 Å². The average Bonchev–Trinajstić information content (AvgIpc) is 2.91. The molecule has 8 unspecified atom stereocenters. The smallest absolute Gasteiger partial charge is 0.00698 e. The van der Waals surface area contributed by atoms with Crippen molar-refractivity contribution in [1.82, 2.24) is 5.32 Å². The van der Waals surface area contributed by atoms with E-state index in [1.807, 2.05) is 5.57 Å². The fraction of sp³-hybridized carbons (Fsp3) is 0.920. The molecule has 5 rings (SSSR count). The van der Waals surface area contributed by atoms with Crippen LogP contribution in [0.4, 0.5) is 0 Å². The quantitative estimate of drug-likeness (QED) is 0.570. The summed E-state index contributed by atoms with van der Waals surface area (Å²) in [7, 11) is 0. The van der Waals surface area contributed by atoms with E-state index in [1.165, 1.54) is 64.3 Å². The summed E-state index contributed by atoms with van der Waals surface area (Å²) < 4.78 is 0. The molecule has 0 aromatic carbocycles. The maximum atomic E-state index is 3.90. The molecule has 4 fully saturated rings. The van der Waals surface area contributed by atoms with Crippen molar-refractivity contribution in [2.24, 2.45) is 41.4 Å². The van der Waals surface area contributed by atoms with Crippen molar-refractivity contribution in [2.45, 2.75) is 96.4 Å². The fourth-order valence-corrected chi connectivity index (χ4v) is 8.05. The Labute approximate surface area is 161 Å². The van der Waals surface area contributed by atoms with Crippen LogP contribution in [0.3, 0.4) is 0 Å². The van der Waals surface area contributed by atoms with Crippen LogP contribution in [0.5, 0.6) is 0 Å². The lowest BCUT2D eigenvalue weighted by Gasteiger charge is -2.40. The maximum Gasteiger partial charge on any atom is 0.00698 e. The number of fused-ring (bicyclic) bond motifs is 5. The Kier molecular flexibility index (Phi) is 5.20. The van der Waals surface area contributed by atoms with Gasteiger partial charge in [0.25, 0.3) is 0 Å². The molecule has 0 spiro atoms. The van der Waals surface area contributed by atoms with Crippen LogP contribution in [0.1, 0.15) is 90.4 Å². The third-order valence-electron chi connectivity index (χ3n) is 9.40. The molecule has 0 radical (unpaired) electrons. The highest BCUT2D eigenvalue weighted by Gasteiger charge is 2.49. The van der Waals surface area contributed by atoms with Gasteiger partial charge in [-0.15, -0.1) is 0 Å². The van der Waals surface area contributed by atoms with Gasteiger partial charge in [-0.3, -0.25) is 0 Å². The van der Waals surface area contributed by atoms with Crippen LogP contribution in [0.15, 0.2) is 11.6 Å². The first-order chi connectivity index (χ1) is 12.8. The molecule has 0 aromatic heterocycles. The third-order valence-corrected chi connectivity index (χ3v) is 9.40. The first-order valence-electron chi connectivity index (χ1n) is 12.2. The Bertz CT molecular complexity index is 522. The summed E-state index contributed by atoms with van der Waals surface area (Å²) in [4.78, 5) is 0. The molecule has 8 atom stereocenters. The van der Waals surface area contributed by atoms with E-state index in [0.29, 0.717) is 0 Å². The molecule has 1 nitrogen and oxygen atoms in total. The molecule has 5 aliphatic rings. The third kappa shape index (κ3) is 3.43. The number of rotatable bonds is 2. The van der Waals surface area contributed by atoms with E-state index in [-0.39, 0.29) is 0 Å². The lowest BCUT2D eigenvalue weighted by molar-refractivity contribution is 0.148. The summed E-state index contributed by atoms with van der Waals surface area (Å²) in [5.41, 5.74) is 1.89. The fourth-order valence-electron chi connectivity index (χ4n) is 8.05. The van der Waals surface area contributed by atoms with Crippen LogP contribution in [-0.4, -0.2) is 12.6 Å². The standard InChI is InChI=1S/C25H41N/c1-17-6-9-21(26-13-12-17)15-18-7-10-23-20(14-18)16-25-22-5-3-2-4-19(22)8-11-24(23)25/h8,17-18,20-26H,2-7,9-16H2,1H3. The minimum absolute atomic E-state index is 0.830. The number of allylic oxidation sites excluding steroid dienone is 2. The van der Waals surface area contributed by atoms with E-state index in [1.54, 1.807) is 25.7 Å². The highest BCUT2D eigenvalue weighted by Crippen LogP contribution is 2.58. The zero-order valence-corrected chi connectivity index (χ0v) is 17.1. The molecule has 1 saturated heterocycles. The molecule has 26 heavy (non-hydrogen) atoms. The van der Waals surface area contributed by atoms with Crippen molar-refractivity contribution in [3.8, 4) is 0 Å². The van der Waals surface area contributed by atoms with Crippen molar-refractivity contribution >= 4 is 0 Å². The topological polar surface area (TPSA) is 12.0 Å². The Morgan fingerprint density at radius 3 is 2.85 bits per heavy atom. The van der Waals surface area contributed by atoms with Crippen molar-refractivity contribution in [2.75, 3.05) is 6.54 Å². The summed E-state index contributed by atoms with van der Waals surface area (Å²) in [5, 5.41) is 3.90. The van der Waals surface area contributed by atoms with Gasteiger partial charge >= 0.3 is 0 Å². The van der Waals surface area contributed by atoms with Gasteiger partial charge in [-0.05, 0) is 119 Å². The second-order valence-corrected chi connectivity index (χ2v) is 10.9. The van der Waals surface area contributed by atoms with Crippen LogP contribution >= 0.6 is 0 Å². The van der Waals surface area contributed by atoms with Gasteiger partial charge in [-0.1, -0.05) is 31.4 Å². The molecular weight excluding hydrogens is 314 g/mol. The molecule has 4 aliphatic carbocycles. The Hall–Kier alpha value is -0.300. The van der Waals surface area contributed by atoms with Crippen molar-refractivity contribution in [3.63, 3.8) is 0 Å². The lowest BCUT2D eigenvalue weighted by Crippen LogP contribution is -2.33. The molecule has 1 heterocycles. The van der Waals surface area contributed by atoms with E-state index in [0.717, 1.165) is 47.5 Å². The molecular formula is C25H41N. The SMILES string of the molecule is CC1CCNC(CC2CCC3C(C2)CC2C4CCCCC4=CCC32)CC1. The van der Waals surface area contributed by atoms with Crippen LogP contribution < -0.4 is 5.32 Å².